The molecule has 2 aromatic carbocycles. The predicted molar refractivity (Wildman–Crippen MR) is 109 cm³/mol. The van der Waals surface area contributed by atoms with Crippen LogP contribution in [0.5, 0.6) is 0 Å². The van der Waals surface area contributed by atoms with Crippen LogP contribution in [-0.2, 0) is 6.54 Å². The van der Waals surface area contributed by atoms with Gasteiger partial charge in [-0.1, -0.05) is 36.0 Å². The number of fused-ring (bicyclic) bond motifs is 2. The van der Waals surface area contributed by atoms with Crippen LogP contribution in [0.3, 0.4) is 0 Å². The number of carbonyl (C=O) groups is 2. The summed E-state index contributed by atoms with van der Waals surface area (Å²) in [6, 6.07) is 14.2. The number of nitrogens with zero attached hydrogens (tertiary/aromatic N) is 3. The van der Waals surface area contributed by atoms with Crippen molar-refractivity contribution >= 4 is 34.5 Å². The molecule has 6 nitrogen and oxygen atoms in total. The summed E-state index contributed by atoms with van der Waals surface area (Å²) in [6.45, 7) is 2.81. The van der Waals surface area contributed by atoms with E-state index in [4.69, 9.17) is 0 Å². The molecule has 7 heteroatoms. The SMILES string of the molecule is CCn1c(SCCCN2C(=O)c3ccccc3C2=O)nc2ccccc2c1=O. The first kappa shape index (κ1) is 18.4. The molecule has 0 N–H and O–H groups in total. The van der Waals surface area contributed by atoms with Crippen molar-refractivity contribution in [2.45, 2.75) is 25.0 Å². The maximum atomic E-state index is 12.6. The molecule has 0 atom stereocenters. The highest BCUT2D eigenvalue weighted by Crippen LogP contribution is 2.24. The number of para-hydroxylation sites is 1. The average molecular weight is 393 g/mol. The van der Waals surface area contributed by atoms with Crippen molar-refractivity contribution in [3.8, 4) is 0 Å². The van der Waals surface area contributed by atoms with Gasteiger partial charge in [0.15, 0.2) is 5.16 Å². The number of carbonyl (C=O) groups excluding carboxylic acids is 2. The Morgan fingerprint density at radius 2 is 1.57 bits per heavy atom. The van der Waals surface area contributed by atoms with Gasteiger partial charge >= 0.3 is 0 Å². The van der Waals surface area contributed by atoms with Crippen molar-refractivity contribution in [3.05, 3.63) is 70.0 Å². The van der Waals surface area contributed by atoms with Gasteiger partial charge in [0.2, 0.25) is 0 Å². The van der Waals surface area contributed by atoms with Gasteiger partial charge in [0.25, 0.3) is 17.4 Å². The van der Waals surface area contributed by atoms with Gasteiger partial charge in [-0.05, 0) is 37.6 Å². The first-order valence-corrected chi connectivity index (χ1v) is 10.2. The van der Waals surface area contributed by atoms with E-state index in [1.165, 1.54) is 16.7 Å². The minimum absolute atomic E-state index is 0.0454. The summed E-state index contributed by atoms with van der Waals surface area (Å²) in [5.74, 6) is 0.179. The Morgan fingerprint density at radius 3 is 2.25 bits per heavy atom. The van der Waals surface area contributed by atoms with E-state index >= 15 is 0 Å². The van der Waals surface area contributed by atoms with Crippen molar-refractivity contribution in [3.63, 3.8) is 0 Å². The fourth-order valence-electron chi connectivity index (χ4n) is 3.37. The molecule has 1 aliphatic heterocycles. The van der Waals surface area contributed by atoms with Crippen LogP contribution < -0.4 is 5.56 Å². The number of amides is 2. The Hall–Kier alpha value is -2.93. The maximum Gasteiger partial charge on any atom is 0.262 e. The lowest BCUT2D eigenvalue weighted by atomic mass is 10.1. The van der Waals surface area contributed by atoms with E-state index in [0.29, 0.717) is 52.4 Å². The van der Waals surface area contributed by atoms with Gasteiger partial charge in [0.1, 0.15) is 0 Å². The van der Waals surface area contributed by atoms with Crippen LogP contribution in [0.15, 0.2) is 58.5 Å². The Bertz CT molecular complexity index is 1100. The average Bonchev–Trinajstić information content (AvgIpc) is 2.96. The number of thioether (sulfide) groups is 1. The quantitative estimate of drug-likeness (QED) is 0.278. The van der Waals surface area contributed by atoms with Gasteiger partial charge in [0.05, 0.1) is 22.0 Å². The normalized spacial score (nSPS) is 13.4. The van der Waals surface area contributed by atoms with E-state index in [2.05, 4.69) is 4.98 Å². The van der Waals surface area contributed by atoms with Crippen molar-refractivity contribution in [2.75, 3.05) is 12.3 Å². The summed E-state index contributed by atoms with van der Waals surface area (Å²) < 4.78 is 1.66. The van der Waals surface area contributed by atoms with Crippen molar-refractivity contribution in [1.82, 2.24) is 14.5 Å². The monoisotopic (exact) mass is 393 g/mol. The Labute approximate surface area is 166 Å². The molecule has 0 spiro atoms. The number of aromatic nitrogens is 2. The largest absolute Gasteiger partial charge is 0.287 e. The Balaban J connectivity index is 1.45. The zero-order valence-corrected chi connectivity index (χ0v) is 16.2. The first-order chi connectivity index (χ1) is 13.6. The van der Waals surface area contributed by atoms with Gasteiger partial charge in [-0.25, -0.2) is 4.98 Å². The number of rotatable bonds is 6. The predicted octanol–water partition coefficient (Wildman–Crippen LogP) is 3.19. The summed E-state index contributed by atoms with van der Waals surface area (Å²) in [4.78, 5) is 43.4. The third-order valence-corrected chi connectivity index (χ3v) is 5.84. The fourth-order valence-corrected chi connectivity index (χ4v) is 4.35. The van der Waals surface area contributed by atoms with E-state index in [1.807, 2.05) is 25.1 Å². The van der Waals surface area contributed by atoms with E-state index in [-0.39, 0.29) is 17.4 Å². The fraction of sp³-hybridized carbons (Fsp3) is 0.238. The van der Waals surface area contributed by atoms with Crippen LogP contribution in [-0.4, -0.2) is 38.6 Å². The second-order valence-corrected chi connectivity index (χ2v) is 7.53. The van der Waals surface area contributed by atoms with E-state index in [9.17, 15) is 14.4 Å². The number of imide groups is 1. The molecule has 0 aliphatic carbocycles. The van der Waals surface area contributed by atoms with Crippen LogP contribution in [0, 0.1) is 0 Å². The van der Waals surface area contributed by atoms with Gasteiger partial charge in [-0.3, -0.25) is 23.9 Å². The molecule has 0 radical (unpaired) electrons. The van der Waals surface area contributed by atoms with Gasteiger partial charge < -0.3 is 0 Å². The molecule has 2 heterocycles. The Morgan fingerprint density at radius 1 is 0.929 bits per heavy atom. The van der Waals surface area contributed by atoms with Gasteiger partial charge in [0, 0.05) is 18.8 Å². The van der Waals surface area contributed by atoms with Crippen LogP contribution in [0.4, 0.5) is 0 Å². The molecular formula is C21H19N3O3S. The highest BCUT2D eigenvalue weighted by molar-refractivity contribution is 7.99. The van der Waals surface area contributed by atoms with Crippen molar-refractivity contribution in [2.24, 2.45) is 0 Å². The lowest BCUT2D eigenvalue weighted by molar-refractivity contribution is 0.0655. The minimum Gasteiger partial charge on any atom is -0.287 e. The molecular weight excluding hydrogens is 374 g/mol. The summed E-state index contributed by atoms with van der Waals surface area (Å²) in [7, 11) is 0. The molecule has 1 aromatic heterocycles. The molecule has 0 saturated heterocycles. The zero-order valence-electron chi connectivity index (χ0n) is 15.4. The minimum atomic E-state index is -0.236. The van der Waals surface area contributed by atoms with Crippen LogP contribution >= 0.6 is 11.8 Å². The van der Waals surface area contributed by atoms with Crippen LogP contribution in [0.1, 0.15) is 34.1 Å². The molecule has 0 saturated carbocycles. The summed E-state index contributed by atoms with van der Waals surface area (Å²) in [5, 5.41) is 1.27. The van der Waals surface area contributed by atoms with E-state index in [1.54, 1.807) is 34.9 Å². The molecule has 3 aromatic rings. The van der Waals surface area contributed by atoms with Gasteiger partial charge in [-0.2, -0.15) is 0 Å². The lowest BCUT2D eigenvalue weighted by Crippen LogP contribution is -2.31. The maximum absolute atomic E-state index is 12.6. The smallest absolute Gasteiger partial charge is 0.262 e. The van der Waals surface area contributed by atoms with Gasteiger partial charge in [-0.15, -0.1) is 0 Å². The zero-order chi connectivity index (χ0) is 19.7. The third-order valence-electron chi connectivity index (χ3n) is 4.78. The number of benzene rings is 2. The number of hydrogen-bond acceptors (Lipinski definition) is 5. The molecule has 1 aliphatic rings. The molecule has 4 rings (SSSR count). The standard InChI is InChI=1S/C21H19N3O3S/c1-2-23-20(27)16-10-5-6-11-17(16)22-21(23)28-13-7-12-24-18(25)14-8-3-4-9-15(14)19(24)26/h3-6,8-11H,2,7,12-13H2,1H3. The molecule has 28 heavy (non-hydrogen) atoms. The second-order valence-electron chi connectivity index (χ2n) is 6.47. The lowest BCUT2D eigenvalue weighted by Gasteiger charge is -2.14. The molecule has 142 valence electrons. The van der Waals surface area contributed by atoms with Crippen molar-refractivity contribution < 1.29 is 9.59 Å². The van der Waals surface area contributed by atoms with E-state index in [0.717, 1.165) is 0 Å². The highest BCUT2D eigenvalue weighted by atomic mass is 32.2. The molecule has 2 amide bonds. The second kappa shape index (κ2) is 7.59. The number of hydrogen-bond donors (Lipinski definition) is 0. The molecule has 0 fully saturated rings. The first-order valence-electron chi connectivity index (χ1n) is 9.19. The summed E-state index contributed by atoms with van der Waals surface area (Å²) >= 11 is 1.47. The molecule has 0 unspecified atom stereocenters. The van der Waals surface area contributed by atoms with Crippen molar-refractivity contribution in [1.29, 1.82) is 0 Å². The Kier molecular flexibility index (Phi) is 5.00. The summed E-state index contributed by atoms with van der Waals surface area (Å²) in [6.07, 6.45) is 0.628. The van der Waals surface area contributed by atoms with E-state index < -0.39 is 0 Å². The van der Waals surface area contributed by atoms with Crippen LogP contribution in [0.25, 0.3) is 10.9 Å². The van der Waals surface area contributed by atoms with Crippen LogP contribution in [0.2, 0.25) is 0 Å². The highest BCUT2D eigenvalue weighted by Gasteiger charge is 2.34. The summed E-state index contributed by atoms with van der Waals surface area (Å²) in [5.41, 5.74) is 1.57. The topological polar surface area (TPSA) is 72.3 Å². The third kappa shape index (κ3) is 3.11. The molecule has 0 bridgehead atoms.